The Labute approximate surface area is 129 Å². The van der Waals surface area contributed by atoms with Gasteiger partial charge in [0, 0.05) is 26.1 Å². The van der Waals surface area contributed by atoms with E-state index in [9.17, 15) is 0 Å². The molecule has 1 aliphatic rings. The zero-order valence-electron chi connectivity index (χ0n) is 13.5. The monoisotopic (exact) mass is 306 g/mol. The zero-order valence-corrected chi connectivity index (χ0v) is 13.5. The Balaban J connectivity index is 1.57. The van der Waals surface area contributed by atoms with E-state index in [2.05, 4.69) is 44.1 Å². The third-order valence-electron chi connectivity index (χ3n) is 4.23. The van der Waals surface area contributed by atoms with Crippen molar-refractivity contribution in [3.63, 3.8) is 0 Å². The van der Waals surface area contributed by atoms with Gasteiger partial charge in [-0.3, -0.25) is 9.80 Å². The maximum Gasteiger partial charge on any atom is 0.243 e. The van der Waals surface area contributed by atoms with Crippen LogP contribution < -0.4 is 0 Å². The topological polar surface area (TPSA) is 84.3 Å². The first kappa shape index (κ1) is 15.1. The Bertz CT molecular complexity index is 624. The van der Waals surface area contributed by atoms with Crippen molar-refractivity contribution in [1.29, 1.82) is 0 Å². The minimum Gasteiger partial charge on any atom is -0.340 e. The van der Waals surface area contributed by atoms with Crippen molar-refractivity contribution in [3.05, 3.63) is 23.4 Å². The Morgan fingerprint density at radius 3 is 2.73 bits per heavy atom. The van der Waals surface area contributed by atoms with Gasteiger partial charge >= 0.3 is 0 Å². The number of hydrogen-bond donors (Lipinski definition) is 0. The first-order valence-electron chi connectivity index (χ1n) is 7.56. The number of likely N-dealkylation sites (tertiary alicyclic amines) is 1. The van der Waals surface area contributed by atoms with E-state index in [-0.39, 0.29) is 6.04 Å². The van der Waals surface area contributed by atoms with Gasteiger partial charge in [0.15, 0.2) is 11.6 Å². The number of aryl methyl sites for hydroxylation is 2. The fourth-order valence-corrected chi connectivity index (χ4v) is 2.88. The van der Waals surface area contributed by atoms with Gasteiger partial charge in [-0.2, -0.15) is 9.97 Å². The van der Waals surface area contributed by atoms with E-state index in [1.54, 1.807) is 0 Å². The molecule has 2 aromatic rings. The molecular weight excluding hydrogens is 284 g/mol. The molecule has 3 heterocycles. The predicted octanol–water partition coefficient (Wildman–Crippen LogP) is 1.34. The van der Waals surface area contributed by atoms with Crippen LogP contribution in [0.5, 0.6) is 0 Å². The minimum atomic E-state index is 0.145. The molecule has 120 valence electrons. The highest BCUT2D eigenvalue weighted by Crippen LogP contribution is 2.25. The van der Waals surface area contributed by atoms with Crippen LogP contribution in [0.4, 0.5) is 0 Å². The Kier molecular flexibility index (Phi) is 4.21. The second kappa shape index (κ2) is 6.13. The number of nitrogens with zero attached hydrogens (tertiary/aromatic N) is 6. The van der Waals surface area contributed by atoms with Crippen LogP contribution >= 0.6 is 0 Å². The maximum atomic E-state index is 5.28. The lowest BCUT2D eigenvalue weighted by Gasteiger charge is -2.25. The van der Waals surface area contributed by atoms with E-state index < -0.39 is 0 Å². The summed E-state index contributed by atoms with van der Waals surface area (Å²) in [4.78, 5) is 13.2. The van der Waals surface area contributed by atoms with E-state index in [0.717, 1.165) is 25.3 Å². The largest absolute Gasteiger partial charge is 0.340 e. The summed E-state index contributed by atoms with van der Waals surface area (Å²) in [6.45, 7) is 8.44. The van der Waals surface area contributed by atoms with Crippen molar-refractivity contribution in [1.82, 2.24) is 30.1 Å². The molecule has 22 heavy (non-hydrogen) atoms. The lowest BCUT2D eigenvalue weighted by Crippen LogP contribution is -2.35. The first-order valence-corrected chi connectivity index (χ1v) is 7.56. The molecule has 0 unspecified atom stereocenters. The second-order valence-electron chi connectivity index (χ2n) is 5.94. The summed E-state index contributed by atoms with van der Waals surface area (Å²) >= 11 is 0. The summed E-state index contributed by atoms with van der Waals surface area (Å²) in [6.07, 6.45) is 1.10. The molecular formula is C14H22N6O2. The van der Waals surface area contributed by atoms with Crippen molar-refractivity contribution in [3.8, 4) is 0 Å². The fourth-order valence-electron chi connectivity index (χ4n) is 2.88. The van der Waals surface area contributed by atoms with Crippen LogP contribution in [0.1, 0.15) is 42.8 Å². The molecule has 0 bridgehead atoms. The molecule has 0 amide bonds. The normalized spacial score (nSPS) is 20.9. The van der Waals surface area contributed by atoms with E-state index in [1.165, 1.54) is 0 Å². The number of likely N-dealkylation sites (N-methyl/N-ethyl adjacent to an activating group) is 1. The molecule has 3 rings (SSSR count). The first-order chi connectivity index (χ1) is 10.5. The van der Waals surface area contributed by atoms with Crippen LogP contribution in [0.3, 0.4) is 0 Å². The van der Waals surface area contributed by atoms with E-state index in [4.69, 9.17) is 9.05 Å². The van der Waals surface area contributed by atoms with Gasteiger partial charge in [0.2, 0.25) is 11.8 Å². The highest BCUT2D eigenvalue weighted by molar-refractivity contribution is 4.95. The van der Waals surface area contributed by atoms with Gasteiger partial charge in [-0.25, -0.2) is 0 Å². The highest BCUT2D eigenvalue weighted by atomic mass is 16.5. The summed E-state index contributed by atoms with van der Waals surface area (Å²) in [5, 5.41) is 7.83. The fraction of sp³-hybridized carbons (Fsp3) is 0.714. The van der Waals surface area contributed by atoms with E-state index in [0.29, 0.717) is 30.2 Å². The molecule has 0 spiro atoms. The van der Waals surface area contributed by atoms with Crippen LogP contribution in [-0.4, -0.2) is 56.3 Å². The molecule has 2 aromatic heterocycles. The number of rotatable bonds is 5. The number of aromatic nitrogens is 4. The van der Waals surface area contributed by atoms with Crippen molar-refractivity contribution < 1.29 is 9.05 Å². The van der Waals surface area contributed by atoms with Gasteiger partial charge in [-0.05, 0) is 27.3 Å². The quantitative estimate of drug-likeness (QED) is 0.818. The maximum absolute atomic E-state index is 5.28. The third kappa shape index (κ3) is 3.17. The summed E-state index contributed by atoms with van der Waals surface area (Å²) in [6, 6.07) is 0.609. The molecule has 2 atom stereocenters. The second-order valence-corrected chi connectivity index (χ2v) is 5.94. The zero-order chi connectivity index (χ0) is 15.7. The number of hydrogen-bond acceptors (Lipinski definition) is 8. The average molecular weight is 306 g/mol. The van der Waals surface area contributed by atoms with Gasteiger partial charge in [-0.1, -0.05) is 10.3 Å². The van der Waals surface area contributed by atoms with Crippen molar-refractivity contribution in [2.24, 2.45) is 0 Å². The van der Waals surface area contributed by atoms with Crippen LogP contribution in [-0.2, 0) is 6.54 Å². The Morgan fingerprint density at radius 2 is 2.09 bits per heavy atom. The van der Waals surface area contributed by atoms with Crippen molar-refractivity contribution in [2.45, 2.75) is 45.8 Å². The summed E-state index contributed by atoms with van der Waals surface area (Å²) in [5.41, 5.74) is 0. The molecule has 8 nitrogen and oxygen atoms in total. The van der Waals surface area contributed by atoms with Crippen LogP contribution in [0.25, 0.3) is 0 Å². The molecule has 1 saturated heterocycles. The summed E-state index contributed by atoms with van der Waals surface area (Å²) in [7, 11) is 2.10. The predicted molar refractivity (Wildman–Crippen MR) is 77.9 cm³/mol. The van der Waals surface area contributed by atoms with Crippen LogP contribution in [0.15, 0.2) is 9.05 Å². The van der Waals surface area contributed by atoms with E-state index in [1.807, 2.05) is 13.8 Å². The minimum absolute atomic E-state index is 0.145. The van der Waals surface area contributed by atoms with Crippen LogP contribution in [0, 0.1) is 13.8 Å². The molecule has 0 aromatic carbocycles. The van der Waals surface area contributed by atoms with Gasteiger partial charge in [0.05, 0.1) is 12.6 Å². The standard InChI is InChI=1S/C14H22N6O2/c1-9(14-15-10(2)17-22-14)20-6-5-12(7-20)19(4)8-13-16-11(3)21-18-13/h9,12H,5-8H2,1-4H3/t9-,12-/m0/s1. The molecule has 1 fully saturated rings. The van der Waals surface area contributed by atoms with Crippen molar-refractivity contribution in [2.75, 3.05) is 20.1 Å². The molecule has 8 heteroatoms. The van der Waals surface area contributed by atoms with Gasteiger partial charge in [0.1, 0.15) is 0 Å². The summed E-state index contributed by atoms with van der Waals surface area (Å²) < 4.78 is 10.3. The lowest BCUT2D eigenvalue weighted by molar-refractivity contribution is 0.177. The SMILES string of the molecule is Cc1noc([C@H](C)N2CC[C@H](N(C)Cc3noc(C)n3)C2)n1. The van der Waals surface area contributed by atoms with E-state index >= 15 is 0 Å². The van der Waals surface area contributed by atoms with Gasteiger partial charge < -0.3 is 9.05 Å². The van der Waals surface area contributed by atoms with Gasteiger partial charge in [-0.15, -0.1) is 0 Å². The highest BCUT2D eigenvalue weighted by Gasteiger charge is 2.31. The average Bonchev–Trinajstić information content (AvgIpc) is 3.19. The molecule has 0 N–H and O–H groups in total. The molecule has 1 aliphatic heterocycles. The molecule has 0 aliphatic carbocycles. The molecule has 0 saturated carbocycles. The van der Waals surface area contributed by atoms with Crippen molar-refractivity contribution >= 4 is 0 Å². The Hall–Kier alpha value is -1.80. The molecule has 0 radical (unpaired) electrons. The Morgan fingerprint density at radius 1 is 1.27 bits per heavy atom. The smallest absolute Gasteiger partial charge is 0.243 e. The van der Waals surface area contributed by atoms with Gasteiger partial charge in [0.25, 0.3) is 0 Å². The van der Waals surface area contributed by atoms with Crippen LogP contribution in [0.2, 0.25) is 0 Å². The third-order valence-corrected chi connectivity index (χ3v) is 4.23. The summed E-state index contributed by atoms with van der Waals surface area (Å²) in [5.74, 6) is 2.72. The lowest BCUT2D eigenvalue weighted by atomic mass is 10.2.